The number of nitrogens with zero attached hydrogens (tertiary/aromatic N) is 1. The lowest BCUT2D eigenvalue weighted by molar-refractivity contribution is 0.476. The van der Waals surface area contributed by atoms with E-state index in [0.29, 0.717) is 5.92 Å². The smallest absolute Gasteiger partial charge is 0.188 e. The Labute approximate surface area is 146 Å². The Bertz CT molecular complexity index is 729. The molecule has 23 heavy (non-hydrogen) atoms. The molecule has 0 bridgehead atoms. The van der Waals surface area contributed by atoms with Gasteiger partial charge in [-0.05, 0) is 35.7 Å². The van der Waals surface area contributed by atoms with Crippen LogP contribution >= 0.6 is 22.9 Å². The number of halogens is 1. The van der Waals surface area contributed by atoms with Crippen LogP contribution in [0.1, 0.15) is 37.6 Å². The molecule has 0 saturated heterocycles. The maximum absolute atomic E-state index is 6.61. The highest BCUT2D eigenvalue weighted by Crippen LogP contribution is 2.34. The minimum Gasteiger partial charge on any atom is -0.332 e. The summed E-state index contributed by atoms with van der Waals surface area (Å²) in [7, 11) is 0. The molecule has 0 aliphatic heterocycles. The van der Waals surface area contributed by atoms with E-state index in [2.05, 4.69) is 54.5 Å². The SMILES string of the molecule is CCC(CC)C(Cl)c1ccc(Nc2nc3ccccc3s2)cc1. The summed E-state index contributed by atoms with van der Waals surface area (Å²) in [6.07, 6.45) is 2.22. The monoisotopic (exact) mass is 344 g/mol. The standard InChI is InChI=1S/C19H21ClN2S/c1-3-13(4-2)18(20)14-9-11-15(12-10-14)21-19-22-16-7-5-6-8-17(16)23-19/h5-13,18H,3-4H2,1-2H3,(H,21,22). The first-order valence-electron chi connectivity index (χ1n) is 8.08. The van der Waals surface area contributed by atoms with Crippen molar-refractivity contribution < 1.29 is 0 Å². The second-order valence-electron chi connectivity index (χ2n) is 5.71. The van der Waals surface area contributed by atoms with Crippen LogP contribution in [0.25, 0.3) is 10.2 Å². The molecule has 0 saturated carbocycles. The van der Waals surface area contributed by atoms with Crippen LogP contribution in [0.5, 0.6) is 0 Å². The highest BCUT2D eigenvalue weighted by Gasteiger charge is 2.17. The van der Waals surface area contributed by atoms with Gasteiger partial charge >= 0.3 is 0 Å². The van der Waals surface area contributed by atoms with Crippen molar-refractivity contribution in [3.63, 3.8) is 0 Å². The van der Waals surface area contributed by atoms with Crippen LogP contribution in [0.15, 0.2) is 48.5 Å². The lowest BCUT2D eigenvalue weighted by Crippen LogP contribution is -2.05. The van der Waals surface area contributed by atoms with Crippen molar-refractivity contribution in [1.82, 2.24) is 4.98 Å². The zero-order valence-corrected chi connectivity index (χ0v) is 15.0. The normalized spacial score (nSPS) is 12.7. The zero-order chi connectivity index (χ0) is 16.2. The Kier molecular flexibility index (Phi) is 5.19. The summed E-state index contributed by atoms with van der Waals surface area (Å²) < 4.78 is 1.20. The zero-order valence-electron chi connectivity index (χ0n) is 13.4. The summed E-state index contributed by atoms with van der Waals surface area (Å²) in [6, 6.07) is 16.6. The fourth-order valence-electron chi connectivity index (χ4n) is 2.77. The molecule has 120 valence electrons. The van der Waals surface area contributed by atoms with Gasteiger partial charge in [-0.15, -0.1) is 11.6 Å². The molecule has 3 rings (SSSR count). The summed E-state index contributed by atoms with van der Waals surface area (Å²) in [5.41, 5.74) is 3.27. The number of thiazole rings is 1. The van der Waals surface area contributed by atoms with Crippen molar-refractivity contribution in [2.24, 2.45) is 5.92 Å². The Morgan fingerprint density at radius 1 is 1.04 bits per heavy atom. The van der Waals surface area contributed by atoms with Crippen LogP contribution < -0.4 is 5.32 Å². The van der Waals surface area contributed by atoms with E-state index < -0.39 is 0 Å². The third kappa shape index (κ3) is 3.67. The number of hydrogen-bond acceptors (Lipinski definition) is 3. The van der Waals surface area contributed by atoms with E-state index in [1.807, 2.05) is 18.2 Å². The first-order chi connectivity index (χ1) is 11.2. The fourth-order valence-corrected chi connectivity index (χ4v) is 4.16. The second kappa shape index (κ2) is 7.33. The number of benzene rings is 2. The highest BCUT2D eigenvalue weighted by molar-refractivity contribution is 7.22. The van der Waals surface area contributed by atoms with Crippen LogP contribution in [0, 0.1) is 5.92 Å². The number of alkyl halides is 1. The van der Waals surface area contributed by atoms with E-state index >= 15 is 0 Å². The third-order valence-electron chi connectivity index (χ3n) is 4.24. The molecule has 2 aromatic carbocycles. The molecule has 1 aromatic heterocycles. The van der Waals surface area contributed by atoms with Gasteiger partial charge in [-0.1, -0.05) is 62.3 Å². The third-order valence-corrected chi connectivity index (χ3v) is 5.80. The molecular formula is C19H21ClN2S. The molecule has 0 radical (unpaired) electrons. The number of hydrogen-bond donors (Lipinski definition) is 1. The van der Waals surface area contributed by atoms with Gasteiger partial charge in [0.25, 0.3) is 0 Å². The molecule has 0 aliphatic rings. The number of fused-ring (bicyclic) bond motifs is 1. The molecular weight excluding hydrogens is 324 g/mol. The Balaban J connectivity index is 1.74. The summed E-state index contributed by atoms with van der Waals surface area (Å²) >= 11 is 8.27. The van der Waals surface area contributed by atoms with Crippen molar-refractivity contribution in [1.29, 1.82) is 0 Å². The quantitative estimate of drug-likeness (QED) is 0.500. The van der Waals surface area contributed by atoms with Gasteiger partial charge in [0.2, 0.25) is 0 Å². The maximum Gasteiger partial charge on any atom is 0.188 e. The van der Waals surface area contributed by atoms with Crippen molar-refractivity contribution in [3.8, 4) is 0 Å². The molecule has 4 heteroatoms. The maximum atomic E-state index is 6.61. The van der Waals surface area contributed by atoms with E-state index in [-0.39, 0.29) is 5.38 Å². The second-order valence-corrected chi connectivity index (χ2v) is 7.21. The number of aromatic nitrogens is 1. The Morgan fingerprint density at radius 2 is 1.74 bits per heavy atom. The van der Waals surface area contributed by atoms with Crippen LogP contribution in [-0.2, 0) is 0 Å². The molecule has 0 fully saturated rings. The van der Waals surface area contributed by atoms with E-state index in [4.69, 9.17) is 11.6 Å². The largest absolute Gasteiger partial charge is 0.332 e. The molecule has 3 aromatic rings. The lowest BCUT2D eigenvalue weighted by Gasteiger charge is -2.19. The molecule has 0 spiro atoms. The van der Waals surface area contributed by atoms with Gasteiger partial charge in [0, 0.05) is 5.69 Å². The topological polar surface area (TPSA) is 24.9 Å². The van der Waals surface area contributed by atoms with Gasteiger partial charge in [0.1, 0.15) is 0 Å². The van der Waals surface area contributed by atoms with Gasteiger partial charge in [0.05, 0.1) is 15.6 Å². The number of anilines is 2. The van der Waals surface area contributed by atoms with E-state index in [1.165, 1.54) is 10.3 Å². The predicted octanol–water partition coefficient (Wildman–Crippen LogP) is 6.76. The van der Waals surface area contributed by atoms with E-state index in [9.17, 15) is 0 Å². The summed E-state index contributed by atoms with van der Waals surface area (Å²) in [4.78, 5) is 4.60. The molecule has 1 atom stereocenters. The first-order valence-corrected chi connectivity index (χ1v) is 9.33. The highest BCUT2D eigenvalue weighted by atomic mass is 35.5. The van der Waals surface area contributed by atoms with Crippen LogP contribution in [0.2, 0.25) is 0 Å². The average Bonchev–Trinajstić information content (AvgIpc) is 2.98. The van der Waals surface area contributed by atoms with Gasteiger partial charge in [-0.3, -0.25) is 0 Å². The number of para-hydroxylation sites is 1. The predicted molar refractivity (Wildman–Crippen MR) is 102 cm³/mol. The Morgan fingerprint density at radius 3 is 2.39 bits per heavy atom. The minimum absolute atomic E-state index is 0.0847. The molecule has 0 amide bonds. The van der Waals surface area contributed by atoms with E-state index in [1.54, 1.807) is 11.3 Å². The van der Waals surface area contributed by atoms with Gasteiger partial charge in [-0.25, -0.2) is 4.98 Å². The lowest BCUT2D eigenvalue weighted by atomic mass is 9.94. The summed E-state index contributed by atoms with van der Waals surface area (Å²) in [6.45, 7) is 4.40. The van der Waals surface area contributed by atoms with Gasteiger partial charge in [-0.2, -0.15) is 0 Å². The Hall–Kier alpha value is -1.58. The molecule has 2 nitrogen and oxygen atoms in total. The number of rotatable bonds is 6. The summed E-state index contributed by atoms with van der Waals surface area (Å²) in [5, 5.41) is 4.38. The molecule has 1 unspecified atom stereocenters. The van der Waals surface area contributed by atoms with Gasteiger partial charge in [0.15, 0.2) is 5.13 Å². The van der Waals surface area contributed by atoms with Crippen LogP contribution in [0.3, 0.4) is 0 Å². The van der Waals surface area contributed by atoms with Crippen molar-refractivity contribution in [3.05, 3.63) is 54.1 Å². The van der Waals surface area contributed by atoms with Gasteiger partial charge < -0.3 is 5.32 Å². The summed E-state index contributed by atoms with van der Waals surface area (Å²) in [5.74, 6) is 0.528. The number of nitrogens with one attached hydrogen (secondary N) is 1. The average molecular weight is 345 g/mol. The van der Waals surface area contributed by atoms with Crippen molar-refractivity contribution in [2.45, 2.75) is 32.1 Å². The fraction of sp³-hybridized carbons (Fsp3) is 0.316. The van der Waals surface area contributed by atoms with Crippen molar-refractivity contribution in [2.75, 3.05) is 5.32 Å². The van der Waals surface area contributed by atoms with Crippen LogP contribution in [0.4, 0.5) is 10.8 Å². The molecule has 1 heterocycles. The minimum atomic E-state index is 0.0847. The van der Waals surface area contributed by atoms with E-state index in [0.717, 1.165) is 29.2 Å². The first kappa shape index (κ1) is 16.3. The molecule has 1 N–H and O–H groups in total. The molecule has 0 aliphatic carbocycles. The van der Waals surface area contributed by atoms with Crippen LogP contribution in [-0.4, -0.2) is 4.98 Å². The van der Waals surface area contributed by atoms with Crippen molar-refractivity contribution >= 4 is 44.0 Å².